The molecule has 2 unspecified atom stereocenters. The molecule has 1 aromatic rings. The summed E-state index contributed by atoms with van der Waals surface area (Å²) in [7, 11) is 0. The topological polar surface area (TPSA) is 24.9 Å². The van der Waals surface area contributed by atoms with Crippen molar-refractivity contribution in [2.45, 2.75) is 31.1 Å². The van der Waals surface area contributed by atoms with Crippen molar-refractivity contribution in [1.82, 2.24) is 10.3 Å². The third-order valence-electron chi connectivity index (χ3n) is 2.45. The van der Waals surface area contributed by atoms with Crippen molar-refractivity contribution in [3.63, 3.8) is 0 Å². The highest BCUT2D eigenvalue weighted by molar-refractivity contribution is 8.00. The van der Waals surface area contributed by atoms with Crippen LogP contribution in [0.1, 0.15) is 18.4 Å². The van der Waals surface area contributed by atoms with Gasteiger partial charge in [0.2, 0.25) is 0 Å². The summed E-state index contributed by atoms with van der Waals surface area (Å²) in [5.74, 6) is 1.28. The third-order valence-corrected chi connectivity index (χ3v) is 4.65. The van der Waals surface area contributed by atoms with Gasteiger partial charge < -0.3 is 5.32 Å². The lowest BCUT2D eigenvalue weighted by molar-refractivity contribution is 0.541. The molecule has 2 rings (SSSR count). The Kier molecular flexibility index (Phi) is 3.84. The zero-order valence-corrected chi connectivity index (χ0v) is 10.0. The Hall–Kier alpha value is -0.0600. The molecule has 0 bridgehead atoms. The summed E-state index contributed by atoms with van der Waals surface area (Å²) < 4.78 is 0. The molecule has 1 aliphatic rings. The Labute approximate surface area is 93.5 Å². The lowest BCUT2D eigenvalue weighted by atomic mass is 10.2. The van der Waals surface area contributed by atoms with E-state index in [1.165, 1.54) is 17.2 Å². The molecule has 14 heavy (non-hydrogen) atoms. The van der Waals surface area contributed by atoms with Gasteiger partial charge >= 0.3 is 0 Å². The molecule has 0 amide bonds. The minimum absolute atomic E-state index is 0.731. The number of nitrogens with zero attached hydrogens (tertiary/aromatic N) is 1. The van der Waals surface area contributed by atoms with Crippen molar-refractivity contribution in [2.24, 2.45) is 0 Å². The molecule has 0 radical (unpaired) electrons. The fourth-order valence-electron chi connectivity index (χ4n) is 1.72. The van der Waals surface area contributed by atoms with E-state index >= 15 is 0 Å². The van der Waals surface area contributed by atoms with Crippen molar-refractivity contribution in [3.8, 4) is 0 Å². The van der Waals surface area contributed by atoms with Crippen LogP contribution >= 0.6 is 23.1 Å². The molecule has 2 heterocycles. The molecule has 4 heteroatoms. The molecule has 1 aromatic heterocycles. The highest BCUT2D eigenvalue weighted by Crippen LogP contribution is 2.25. The largest absolute Gasteiger partial charge is 0.313 e. The van der Waals surface area contributed by atoms with Crippen LogP contribution in [-0.4, -0.2) is 28.6 Å². The van der Waals surface area contributed by atoms with Gasteiger partial charge in [0.1, 0.15) is 0 Å². The van der Waals surface area contributed by atoms with Crippen LogP contribution in [0.2, 0.25) is 0 Å². The summed E-state index contributed by atoms with van der Waals surface area (Å²) in [6.07, 6.45) is 4.28. The second-order valence-corrected chi connectivity index (χ2v) is 6.16. The summed E-state index contributed by atoms with van der Waals surface area (Å²) >= 11 is 3.83. The minimum Gasteiger partial charge on any atom is -0.313 e. The summed E-state index contributed by atoms with van der Waals surface area (Å²) in [6, 6.07) is 0.731. The van der Waals surface area contributed by atoms with Gasteiger partial charge in [-0.25, -0.2) is 4.98 Å². The average Bonchev–Trinajstić information content (AvgIpc) is 2.77. The van der Waals surface area contributed by atoms with E-state index in [9.17, 15) is 0 Å². The first-order valence-electron chi connectivity index (χ1n) is 5.08. The molecule has 1 N–H and O–H groups in total. The van der Waals surface area contributed by atoms with E-state index in [0.29, 0.717) is 0 Å². The van der Waals surface area contributed by atoms with Crippen molar-refractivity contribution >= 4 is 23.1 Å². The Balaban J connectivity index is 1.64. The van der Waals surface area contributed by atoms with Crippen LogP contribution in [0.25, 0.3) is 0 Å². The molecule has 1 aliphatic heterocycles. The monoisotopic (exact) mass is 228 g/mol. The quantitative estimate of drug-likeness (QED) is 0.855. The maximum absolute atomic E-state index is 4.27. The third kappa shape index (κ3) is 2.97. The normalized spacial score (nSPS) is 26.9. The summed E-state index contributed by atoms with van der Waals surface area (Å²) in [5.41, 5.74) is 0. The lowest BCUT2D eigenvalue weighted by Crippen LogP contribution is -2.30. The van der Waals surface area contributed by atoms with Gasteiger partial charge in [0, 0.05) is 41.6 Å². The smallest absolute Gasteiger partial charge is 0.0937 e. The van der Waals surface area contributed by atoms with Crippen LogP contribution in [0, 0.1) is 0 Å². The van der Waals surface area contributed by atoms with Crippen molar-refractivity contribution in [1.29, 1.82) is 0 Å². The van der Waals surface area contributed by atoms with Crippen molar-refractivity contribution in [2.75, 3.05) is 12.3 Å². The predicted molar refractivity (Wildman–Crippen MR) is 64.1 cm³/mol. The first kappa shape index (κ1) is 10.5. The minimum atomic E-state index is 0.731. The number of nitrogens with one attached hydrogen (secondary N) is 1. The zero-order chi connectivity index (χ0) is 9.80. The molecule has 1 saturated heterocycles. The summed E-state index contributed by atoms with van der Waals surface area (Å²) in [6.45, 7) is 3.39. The first-order chi connectivity index (χ1) is 6.84. The molecule has 2 nitrogen and oxygen atoms in total. The Bertz CT molecular complexity index is 261. The number of hydrogen-bond acceptors (Lipinski definition) is 4. The molecular weight excluding hydrogens is 212 g/mol. The number of thiazole rings is 1. The van der Waals surface area contributed by atoms with E-state index in [0.717, 1.165) is 24.3 Å². The van der Waals surface area contributed by atoms with Gasteiger partial charge in [-0.1, -0.05) is 6.92 Å². The van der Waals surface area contributed by atoms with Gasteiger partial charge in [-0.2, -0.15) is 11.8 Å². The van der Waals surface area contributed by atoms with Crippen LogP contribution in [-0.2, 0) is 6.42 Å². The standard InChI is InChI=1S/C10H16N2S2/c1-8-6-9(7-14-8)11-3-2-10-12-4-5-13-10/h4-5,8-9,11H,2-3,6-7H2,1H3. The van der Waals surface area contributed by atoms with Crippen LogP contribution in [0.3, 0.4) is 0 Å². The molecule has 0 aromatic carbocycles. The summed E-state index contributed by atoms with van der Waals surface area (Å²) in [4.78, 5) is 4.27. The van der Waals surface area contributed by atoms with E-state index in [2.05, 4.69) is 29.0 Å². The van der Waals surface area contributed by atoms with Crippen LogP contribution in [0.15, 0.2) is 11.6 Å². The molecule has 0 spiro atoms. The number of rotatable bonds is 4. The average molecular weight is 228 g/mol. The van der Waals surface area contributed by atoms with E-state index in [1.807, 2.05) is 11.6 Å². The van der Waals surface area contributed by atoms with Gasteiger partial charge in [0.15, 0.2) is 0 Å². The SMILES string of the molecule is CC1CC(NCCc2nccs2)CS1. The molecule has 0 aliphatic carbocycles. The van der Waals surface area contributed by atoms with Gasteiger partial charge in [0.05, 0.1) is 5.01 Å². The molecule has 0 saturated carbocycles. The fourth-order valence-corrected chi connectivity index (χ4v) is 3.52. The van der Waals surface area contributed by atoms with Crippen LogP contribution < -0.4 is 5.32 Å². The first-order valence-corrected chi connectivity index (χ1v) is 7.01. The zero-order valence-electron chi connectivity index (χ0n) is 8.40. The van der Waals surface area contributed by atoms with E-state index in [-0.39, 0.29) is 0 Å². The van der Waals surface area contributed by atoms with Crippen molar-refractivity contribution in [3.05, 3.63) is 16.6 Å². The molecular formula is C10H16N2S2. The maximum Gasteiger partial charge on any atom is 0.0937 e. The van der Waals surface area contributed by atoms with Crippen LogP contribution in [0.5, 0.6) is 0 Å². The van der Waals surface area contributed by atoms with Gasteiger partial charge in [0.25, 0.3) is 0 Å². The van der Waals surface area contributed by atoms with Gasteiger partial charge in [-0.3, -0.25) is 0 Å². The Morgan fingerprint density at radius 3 is 3.21 bits per heavy atom. The fraction of sp³-hybridized carbons (Fsp3) is 0.700. The summed E-state index contributed by atoms with van der Waals surface area (Å²) in [5, 5.41) is 7.73. The lowest BCUT2D eigenvalue weighted by Gasteiger charge is -2.10. The Morgan fingerprint density at radius 2 is 2.57 bits per heavy atom. The van der Waals surface area contributed by atoms with E-state index < -0.39 is 0 Å². The molecule has 78 valence electrons. The van der Waals surface area contributed by atoms with E-state index in [4.69, 9.17) is 0 Å². The predicted octanol–water partition coefficient (Wildman–Crippen LogP) is 2.17. The van der Waals surface area contributed by atoms with Gasteiger partial charge in [-0.15, -0.1) is 11.3 Å². The highest BCUT2D eigenvalue weighted by Gasteiger charge is 2.20. The second-order valence-electron chi connectivity index (χ2n) is 3.71. The second kappa shape index (κ2) is 5.14. The van der Waals surface area contributed by atoms with Crippen molar-refractivity contribution < 1.29 is 0 Å². The molecule has 2 atom stereocenters. The van der Waals surface area contributed by atoms with Crippen LogP contribution in [0.4, 0.5) is 0 Å². The van der Waals surface area contributed by atoms with Gasteiger partial charge in [-0.05, 0) is 6.42 Å². The number of hydrogen-bond donors (Lipinski definition) is 1. The maximum atomic E-state index is 4.27. The number of aromatic nitrogens is 1. The van der Waals surface area contributed by atoms with E-state index in [1.54, 1.807) is 11.3 Å². The molecule has 1 fully saturated rings. The Morgan fingerprint density at radius 1 is 1.64 bits per heavy atom. The number of thioether (sulfide) groups is 1. The highest BCUT2D eigenvalue weighted by atomic mass is 32.2.